The van der Waals surface area contributed by atoms with E-state index in [9.17, 15) is 26.3 Å². The Morgan fingerprint density at radius 2 is 1.05 bits per heavy atom. The Morgan fingerprint density at radius 3 is 1.45 bits per heavy atom. The molecular formula is C14H20F6. The molecular weight excluding hydrogens is 282 g/mol. The molecule has 0 bridgehead atoms. The second kappa shape index (κ2) is 5.76. The first kappa shape index (κ1) is 16.0. The highest BCUT2D eigenvalue weighted by Gasteiger charge is 2.59. The molecule has 2 atom stereocenters. The molecule has 118 valence electrons. The molecule has 0 amide bonds. The molecule has 0 heterocycles. The SMILES string of the molecule is FC(F)(F)C1CC(CCC2CCCC2)CC1C(F)(F)F. The van der Waals surface area contributed by atoms with E-state index in [4.69, 9.17) is 0 Å². The number of alkyl halides is 6. The minimum atomic E-state index is -4.73. The highest BCUT2D eigenvalue weighted by Crippen LogP contribution is 2.53. The molecule has 0 saturated heterocycles. The van der Waals surface area contributed by atoms with Crippen molar-refractivity contribution in [3.63, 3.8) is 0 Å². The lowest BCUT2D eigenvalue weighted by atomic mass is 9.93. The third-order valence-electron chi connectivity index (χ3n) is 4.96. The van der Waals surface area contributed by atoms with E-state index in [-0.39, 0.29) is 12.8 Å². The van der Waals surface area contributed by atoms with E-state index in [0.717, 1.165) is 32.1 Å². The Bertz CT molecular complexity index is 291. The quantitative estimate of drug-likeness (QED) is 0.584. The van der Waals surface area contributed by atoms with Gasteiger partial charge in [0.1, 0.15) is 0 Å². The van der Waals surface area contributed by atoms with Gasteiger partial charge in [0.2, 0.25) is 0 Å². The maximum atomic E-state index is 12.8. The molecule has 0 N–H and O–H groups in total. The van der Waals surface area contributed by atoms with Crippen molar-refractivity contribution in [1.82, 2.24) is 0 Å². The van der Waals surface area contributed by atoms with E-state index >= 15 is 0 Å². The van der Waals surface area contributed by atoms with E-state index in [1.807, 2.05) is 0 Å². The minimum absolute atomic E-state index is 0.347. The lowest BCUT2D eigenvalue weighted by molar-refractivity contribution is -0.245. The predicted molar refractivity (Wildman–Crippen MR) is 63.0 cm³/mol. The fourth-order valence-corrected chi connectivity index (χ4v) is 3.87. The largest absolute Gasteiger partial charge is 0.392 e. The molecule has 0 aromatic heterocycles. The molecule has 0 spiro atoms. The summed E-state index contributed by atoms with van der Waals surface area (Å²) in [5.74, 6) is -4.30. The van der Waals surface area contributed by atoms with Crippen LogP contribution in [0.1, 0.15) is 51.4 Å². The van der Waals surface area contributed by atoms with Crippen molar-refractivity contribution in [2.24, 2.45) is 23.7 Å². The summed E-state index contributed by atoms with van der Waals surface area (Å²) in [5, 5.41) is 0. The predicted octanol–water partition coefficient (Wildman–Crippen LogP) is 5.72. The molecule has 2 fully saturated rings. The molecule has 0 aromatic rings. The molecule has 6 heteroatoms. The fraction of sp³-hybridized carbons (Fsp3) is 1.00. The summed E-state index contributed by atoms with van der Waals surface area (Å²) in [6.07, 6.45) is -4.40. The van der Waals surface area contributed by atoms with Crippen LogP contribution in [0, 0.1) is 23.7 Å². The number of hydrogen-bond donors (Lipinski definition) is 0. The minimum Gasteiger partial charge on any atom is -0.171 e. The van der Waals surface area contributed by atoms with Crippen LogP contribution < -0.4 is 0 Å². The van der Waals surface area contributed by atoms with Crippen LogP contribution in [-0.2, 0) is 0 Å². The van der Waals surface area contributed by atoms with Crippen LogP contribution in [0.4, 0.5) is 26.3 Å². The molecule has 0 nitrogen and oxygen atoms in total. The summed E-state index contributed by atoms with van der Waals surface area (Å²) >= 11 is 0. The zero-order valence-corrected chi connectivity index (χ0v) is 11.2. The van der Waals surface area contributed by atoms with Gasteiger partial charge in [0.15, 0.2) is 0 Å². The summed E-state index contributed by atoms with van der Waals surface area (Å²) in [4.78, 5) is 0. The van der Waals surface area contributed by atoms with Gasteiger partial charge in [-0.3, -0.25) is 0 Å². The van der Waals surface area contributed by atoms with Gasteiger partial charge in [0, 0.05) is 0 Å². The first-order chi connectivity index (χ1) is 9.18. The molecule has 0 radical (unpaired) electrons. The lowest BCUT2D eigenvalue weighted by Crippen LogP contribution is -2.35. The van der Waals surface area contributed by atoms with Gasteiger partial charge in [0.25, 0.3) is 0 Å². The van der Waals surface area contributed by atoms with Crippen LogP contribution in [0.15, 0.2) is 0 Å². The van der Waals surface area contributed by atoms with Crippen LogP contribution in [0.25, 0.3) is 0 Å². The second-order valence-corrected chi connectivity index (χ2v) is 6.36. The van der Waals surface area contributed by atoms with Crippen molar-refractivity contribution < 1.29 is 26.3 Å². The monoisotopic (exact) mass is 302 g/mol. The first-order valence-electron chi connectivity index (χ1n) is 7.31. The fourth-order valence-electron chi connectivity index (χ4n) is 3.87. The van der Waals surface area contributed by atoms with Gasteiger partial charge in [-0.15, -0.1) is 0 Å². The highest BCUT2D eigenvalue weighted by atomic mass is 19.4. The van der Waals surface area contributed by atoms with Crippen molar-refractivity contribution >= 4 is 0 Å². The molecule has 2 aliphatic carbocycles. The van der Waals surface area contributed by atoms with Crippen molar-refractivity contribution in [2.45, 2.75) is 63.7 Å². The van der Waals surface area contributed by atoms with Crippen molar-refractivity contribution in [2.75, 3.05) is 0 Å². The molecule has 20 heavy (non-hydrogen) atoms. The maximum absolute atomic E-state index is 12.8. The van der Waals surface area contributed by atoms with Crippen LogP contribution in [-0.4, -0.2) is 12.4 Å². The topological polar surface area (TPSA) is 0 Å². The standard InChI is InChI=1S/C14H20F6/c15-13(16,17)11-7-10(8-12(11)14(18,19)20)6-5-9-3-1-2-4-9/h9-12H,1-8H2. The van der Waals surface area contributed by atoms with Crippen molar-refractivity contribution in [1.29, 1.82) is 0 Å². The van der Waals surface area contributed by atoms with Gasteiger partial charge in [-0.1, -0.05) is 38.5 Å². The van der Waals surface area contributed by atoms with E-state index < -0.39 is 30.1 Å². The summed E-state index contributed by atoms with van der Waals surface area (Å²) in [5.41, 5.74) is 0. The van der Waals surface area contributed by atoms with Crippen LogP contribution in [0.5, 0.6) is 0 Å². The number of hydrogen-bond acceptors (Lipinski definition) is 0. The molecule has 0 aromatic carbocycles. The van der Waals surface area contributed by atoms with Gasteiger partial charge >= 0.3 is 12.4 Å². The number of halogens is 6. The molecule has 2 rings (SSSR count). The van der Waals surface area contributed by atoms with Crippen molar-refractivity contribution in [3.05, 3.63) is 0 Å². The maximum Gasteiger partial charge on any atom is 0.392 e. The highest BCUT2D eigenvalue weighted by molar-refractivity contribution is 4.91. The van der Waals surface area contributed by atoms with Crippen LogP contribution >= 0.6 is 0 Å². The zero-order valence-electron chi connectivity index (χ0n) is 11.2. The van der Waals surface area contributed by atoms with E-state index in [1.165, 1.54) is 0 Å². The van der Waals surface area contributed by atoms with Crippen LogP contribution in [0.2, 0.25) is 0 Å². The van der Waals surface area contributed by atoms with Crippen LogP contribution in [0.3, 0.4) is 0 Å². The third-order valence-corrected chi connectivity index (χ3v) is 4.96. The molecule has 0 aliphatic heterocycles. The van der Waals surface area contributed by atoms with E-state index in [2.05, 4.69) is 0 Å². The first-order valence-corrected chi connectivity index (χ1v) is 7.31. The van der Waals surface area contributed by atoms with Crippen molar-refractivity contribution in [3.8, 4) is 0 Å². The molecule has 2 aliphatic rings. The normalized spacial score (nSPS) is 33.0. The Kier molecular flexibility index (Phi) is 4.59. The Balaban J connectivity index is 1.93. The molecule has 2 saturated carbocycles. The number of rotatable bonds is 3. The Hall–Kier alpha value is -0.420. The third kappa shape index (κ3) is 3.82. The summed E-state index contributed by atoms with van der Waals surface area (Å²) in [6.45, 7) is 0. The average Bonchev–Trinajstić information content (AvgIpc) is 2.94. The zero-order chi connectivity index (χ0) is 15.0. The smallest absolute Gasteiger partial charge is 0.171 e. The Labute approximate surface area is 114 Å². The molecule has 2 unspecified atom stereocenters. The summed E-state index contributed by atoms with van der Waals surface area (Å²) < 4.78 is 76.5. The van der Waals surface area contributed by atoms with Gasteiger partial charge in [-0.2, -0.15) is 26.3 Å². The second-order valence-electron chi connectivity index (χ2n) is 6.36. The van der Waals surface area contributed by atoms with Gasteiger partial charge < -0.3 is 0 Å². The van der Waals surface area contributed by atoms with Gasteiger partial charge in [-0.05, 0) is 24.7 Å². The van der Waals surface area contributed by atoms with Gasteiger partial charge in [-0.25, -0.2) is 0 Å². The van der Waals surface area contributed by atoms with E-state index in [1.54, 1.807) is 0 Å². The lowest BCUT2D eigenvalue weighted by Gasteiger charge is -2.24. The Morgan fingerprint density at radius 1 is 0.650 bits per heavy atom. The summed E-state index contributed by atoms with van der Waals surface area (Å²) in [6, 6.07) is 0. The summed E-state index contributed by atoms with van der Waals surface area (Å²) in [7, 11) is 0. The van der Waals surface area contributed by atoms with E-state index in [0.29, 0.717) is 12.3 Å². The van der Waals surface area contributed by atoms with Gasteiger partial charge in [0.05, 0.1) is 11.8 Å². The average molecular weight is 302 g/mol.